The van der Waals surface area contributed by atoms with Crippen LogP contribution in [0.1, 0.15) is 25.0 Å². The zero-order valence-electron chi connectivity index (χ0n) is 15.1. The van der Waals surface area contributed by atoms with Crippen LogP contribution in [0.3, 0.4) is 0 Å². The van der Waals surface area contributed by atoms with E-state index in [2.05, 4.69) is 10.3 Å². The summed E-state index contributed by atoms with van der Waals surface area (Å²) in [5, 5.41) is 2.87. The first kappa shape index (κ1) is 18.6. The normalized spacial score (nSPS) is 10.9. The summed E-state index contributed by atoms with van der Waals surface area (Å²) in [6, 6.07) is 9.48. The van der Waals surface area contributed by atoms with Crippen LogP contribution < -0.4 is 16.4 Å². The van der Waals surface area contributed by atoms with Gasteiger partial charge in [0.25, 0.3) is 0 Å². The Morgan fingerprint density at radius 1 is 1.11 bits per heavy atom. The number of nitrogens with one attached hydrogen (secondary N) is 2. The molecule has 0 aliphatic carbocycles. The standard InChI is InChI=1S/C20H20FN3O3/c1-3-12-6-5-7-13(4-2)18(12)23-17(25)11-24-16-9-8-14(21)10-15(16)22-19(26)20(24)27/h5-10H,3-4,11H2,1-2H3,(H,22,26)(H,23,25). The molecule has 0 unspecified atom stereocenters. The molecule has 0 aliphatic heterocycles. The van der Waals surface area contributed by atoms with Crippen molar-refractivity contribution < 1.29 is 9.18 Å². The second kappa shape index (κ2) is 7.57. The number of anilines is 1. The molecule has 3 aromatic rings. The molecule has 1 amide bonds. The van der Waals surface area contributed by atoms with E-state index in [0.717, 1.165) is 40.3 Å². The lowest BCUT2D eigenvalue weighted by atomic mass is 10.0. The molecule has 2 N–H and O–H groups in total. The van der Waals surface area contributed by atoms with Gasteiger partial charge in [-0.1, -0.05) is 32.0 Å². The summed E-state index contributed by atoms with van der Waals surface area (Å²) in [4.78, 5) is 39.1. The number of fused-ring (bicyclic) bond motifs is 1. The first-order valence-electron chi connectivity index (χ1n) is 8.77. The maximum atomic E-state index is 13.4. The molecule has 6 nitrogen and oxygen atoms in total. The van der Waals surface area contributed by atoms with Crippen molar-refractivity contribution in [2.75, 3.05) is 5.32 Å². The molecule has 0 saturated heterocycles. The zero-order valence-corrected chi connectivity index (χ0v) is 15.1. The number of H-pyrrole nitrogens is 1. The van der Waals surface area contributed by atoms with Gasteiger partial charge < -0.3 is 10.3 Å². The number of nitrogens with zero attached hydrogens (tertiary/aromatic N) is 1. The maximum Gasteiger partial charge on any atom is 0.317 e. The van der Waals surface area contributed by atoms with Gasteiger partial charge in [0.15, 0.2) is 0 Å². The van der Waals surface area contributed by atoms with Gasteiger partial charge in [-0.15, -0.1) is 0 Å². The van der Waals surface area contributed by atoms with Crippen LogP contribution in [0.25, 0.3) is 11.0 Å². The van der Waals surface area contributed by atoms with Crippen LogP contribution in [-0.2, 0) is 24.2 Å². The van der Waals surface area contributed by atoms with E-state index in [4.69, 9.17) is 0 Å². The molecule has 1 heterocycles. The average Bonchev–Trinajstić information content (AvgIpc) is 2.65. The highest BCUT2D eigenvalue weighted by molar-refractivity contribution is 5.93. The summed E-state index contributed by atoms with van der Waals surface area (Å²) >= 11 is 0. The van der Waals surface area contributed by atoms with Crippen LogP contribution in [0.5, 0.6) is 0 Å². The van der Waals surface area contributed by atoms with Crippen molar-refractivity contribution in [2.45, 2.75) is 33.2 Å². The second-order valence-corrected chi connectivity index (χ2v) is 6.21. The number of rotatable bonds is 5. The Kier molecular flexibility index (Phi) is 5.21. The lowest BCUT2D eigenvalue weighted by Crippen LogP contribution is -2.39. The van der Waals surface area contributed by atoms with E-state index in [1.807, 2.05) is 32.0 Å². The lowest BCUT2D eigenvalue weighted by molar-refractivity contribution is -0.116. The third kappa shape index (κ3) is 3.67. The fourth-order valence-corrected chi connectivity index (χ4v) is 3.13. The Bertz CT molecular complexity index is 1110. The molecule has 0 spiro atoms. The number of halogens is 1. The van der Waals surface area contributed by atoms with Crippen LogP contribution in [0.15, 0.2) is 46.0 Å². The van der Waals surface area contributed by atoms with E-state index in [-0.39, 0.29) is 17.6 Å². The SMILES string of the molecule is CCc1cccc(CC)c1NC(=O)Cn1c(=O)c(=O)[nH]c2cc(F)ccc21. The second-order valence-electron chi connectivity index (χ2n) is 6.21. The van der Waals surface area contributed by atoms with Crippen molar-refractivity contribution in [3.8, 4) is 0 Å². The number of aromatic nitrogens is 2. The van der Waals surface area contributed by atoms with Gasteiger partial charge in [0.1, 0.15) is 12.4 Å². The van der Waals surface area contributed by atoms with Gasteiger partial charge in [0, 0.05) is 5.69 Å². The number of amides is 1. The van der Waals surface area contributed by atoms with Crippen LogP contribution in [0, 0.1) is 5.82 Å². The molecular weight excluding hydrogens is 349 g/mol. The minimum Gasteiger partial charge on any atom is -0.324 e. The quantitative estimate of drug-likeness (QED) is 0.678. The highest BCUT2D eigenvalue weighted by atomic mass is 19.1. The molecule has 1 aromatic heterocycles. The molecule has 27 heavy (non-hydrogen) atoms. The number of aryl methyl sites for hydroxylation is 2. The molecule has 0 atom stereocenters. The first-order chi connectivity index (χ1) is 12.9. The number of aromatic amines is 1. The van der Waals surface area contributed by atoms with E-state index in [1.165, 1.54) is 12.1 Å². The Labute approximate surface area is 154 Å². The summed E-state index contributed by atoms with van der Waals surface area (Å²) in [7, 11) is 0. The smallest absolute Gasteiger partial charge is 0.317 e. The largest absolute Gasteiger partial charge is 0.324 e. The molecular formula is C20H20FN3O3. The average molecular weight is 369 g/mol. The fraction of sp³-hybridized carbons (Fsp3) is 0.250. The number of carbonyl (C=O) groups is 1. The minimum atomic E-state index is -0.899. The predicted octanol–water partition coefficient (Wildman–Crippen LogP) is 2.59. The van der Waals surface area contributed by atoms with Gasteiger partial charge in [0.05, 0.1) is 11.0 Å². The summed E-state index contributed by atoms with van der Waals surface area (Å²) in [5.41, 5.74) is 1.42. The van der Waals surface area contributed by atoms with Crippen LogP contribution in [0.2, 0.25) is 0 Å². The van der Waals surface area contributed by atoms with E-state index in [1.54, 1.807) is 0 Å². The van der Waals surface area contributed by atoms with Crippen LogP contribution in [-0.4, -0.2) is 15.5 Å². The summed E-state index contributed by atoms with van der Waals surface area (Å²) in [6.45, 7) is 3.65. The monoisotopic (exact) mass is 369 g/mol. The van der Waals surface area contributed by atoms with E-state index < -0.39 is 22.8 Å². The van der Waals surface area contributed by atoms with Crippen molar-refractivity contribution in [1.29, 1.82) is 0 Å². The van der Waals surface area contributed by atoms with Gasteiger partial charge in [-0.3, -0.25) is 19.0 Å². The van der Waals surface area contributed by atoms with E-state index in [9.17, 15) is 18.8 Å². The molecule has 0 bridgehead atoms. The predicted molar refractivity (Wildman–Crippen MR) is 103 cm³/mol. The Morgan fingerprint density at radius 3 is 2.41 bits per heavy atom. The highest BCUT2D eigenvalue weighted by Gasteiger charge is 2.14. The van der Waals surface area contributed by atoms with Crippen molar-refractivity contribution in [2.24, 2.45) is 0 Å². The van der Waals surface area contributed by atoms with Crippen molar-refractivity contribution in [1.82, 2.24) is 9.55 Å². The number of hydrogen-bond acceptors (Lipinski definition) is 3. The number of benzene rings is 2. The van der Waals surface area contributed by atoms with Gasteiger partial charge in [-0.2, -0.15) is 0 Å². The van der Waals surface area contributed by atoms with Crippen molar-refractivity contribution >= 4 is 22.6 Å². The van der Waals surface area contributed by atoms with E-state index >= 15 is 0 Å². The number of carbonyl (C=O) groups excluding carboxylic acids is 1. The molecule has 0 radical (unpaired) electrons. The lowest BCUT2D eigenvalue weighted by Gasteiger charge is -2.15. The van der Waals surface area contributed by atoms with Gasteiger partial charge in [-0.05, 0) is 42.2 Å². The molecule has 3 rings (SSSR count). The summed E-state index contributed by atoms with van der Waals surface area (Å²) < 4.78 is 14.5. The molecule has 140 valence electrons. The molecule has 0 aliphatic rings. The minimum absolute atomic E-state index is 0.163. The molecule has 0 saturated carbocycles. The molecule has 0 fully saturated rings. The number of hydrogen-bond donors (Lipinski definition) is 2. The highest BCUT2D eigenvalue weighted by Crippen LogP contribution is 2.22. The summed E-state index contributed by atoms with van der Waals surface area (Å²) in [6.07, 6.45) is 1.49. The number of para-hydroxylation sites is 1. The van der Waals surface area contributed by atoms with Gasteiger partial charge in [0.2, 0.25) is 5.91 Å². The fourth-order valence-electron chi connectivity index (χ4n) is 3.13. The maximum absolute atomic E-state index is 13.4. The Balaban J connectivity index is 2.00. The van der Waals surface area contributed by atoms with Crippen molar-refractivity contribution in [3.05, 3.63) is 74.0 Å². The topological polar surface area (TPSA) is 84.0 Å². The van der Waals surface area contributed by atoms with E-state index in [0.29, 0.717) is 0 Å². The summed E-state index contributed by atoms with van der Waals surface area (Å²) in [5.74, 6) is -0.971. The van der Waals surface area contributed by atoms with Gasteiger partial charge in [-0.25, -0.2) is 4.39 Å². The van der Waals surface area contributed by atoms with Gasteiger partial charge >= 0.3 is 11.1 Å². The molecule has 7 heteroatoms. The van der Waals surface area contributed by atoms with Crippen molar-refractivity contribution in [3.63, 3.8) is 0 Å². The zero-order chi connectivity index (χ0) is 19.6. The van der Waals surface area contributed by atoms with Crippen LogP contribution >= 0.6 is 0 Å². The Hall–Kier alpha value is -3.22. The molecule has 2 aromatic carbocycles. The third-order valence-corrected chi connectivity index (χ3v) is 4.50. The third-order valence-electron chi connectivity index (χ3n) is 4.50. The first-order valence-corrected chi connectivity index (χ1v) is 8.77. The van der Waals surface area contributed by atoms with Crippen LogP contribution in [0.4, 0.5) is 10.1 Å². The Morgan fingerprint density at radius 2 is 1.78 bits per heavy atom.